The monoisotopic (exact) mass is 415 g/mol. The molecule has 160 valence electrons. The number of nitrogens with two attached hydrogens (primary N) is 1. The van der Waals surface area contributed by atoms with E-state index in [1.54, 1.807) is 0 Å². The van der Waals surface area contributed by atoms with E-state index in [1.165, 1.54) is 12.1 Å². The molecule has 2 rings (SSSR count). The van der Waals surface area contributed by atoms with Gasteiger partial charge in [0, 0.05) is 24.4 Å². The van der Waals surface area contributed by atoms with Crippen molar-refractivity contribution in [1.29, 1.82) is 0 Å². The molecule has 0 bridgehead atoms. The van der Waals surface area contributed by atoms with E-state index < -0.39 is 23.4 Å². The third-order valence-corrected chi connectivity index (χ3v) is 4.47. The third kappa shape index (κ3) is 6.20. The number of nitro benzene ring substituents is 1. The van der Waals surface area contributed by atoms with Gasteiger partial charge in [-0.25, -0.2) is 4.79 Å². The molecule has 0 spiro atoms. The summed E-state index contributed by atoms with van der Waals surface area (Å²) >= 11 is 0. The van der Waals surface area contributed by atoms with Gasteiger partial charge in [0.1, 0.15) is 5.75 Å². The topological polar surface area (TPSA) is 134 Å². The maximum Gasteiger partial charge on any atom is 0.341 e. The number of aryl methyl sites for hydroxylation is 2. The van der Waals surface area contributed by atoms with Crippen molar-refractivity contribution in [2.75, 3.05) is 25.5 Å². The number of hydrogen-bond acceptors (Lipinski definition) is 7. The van der Waals surface area contributed by atoms with E-state index in [1.807, 2.05) is 26.8 Å². The Hall–Kier alpha value is -3.62. The van der Waals surface area contributed by atoms with Crippen molar-refractivity contribution in [3.8, 4) is 5.75 Å². The summed E-state index contributed by atoms with van der Waals surface area (Å²) in [5.41, 5.74) is 8.59. The molecule has 0 aromatic heterocycles. The van der Waals surface area contributed by atoms with Crippen LogP contribution in [0.15, 0.2) is 30.3 Å². The molecule has 0 radical (unpaired) electrons. The van der Waals surface area contributed by atoms with Crippen LogP contribution in [-0.4, -0.2) is 36.6 Å². The van der Waals surface area contributed by atoms with Crippen LogP contribution in [0, 0.1) is 30.9 Å². The molecule has 0 aliphatic carbocycles. The molecule has 9 heteroatoms. The lowest BCUT2D eigenvalue weighted by atomic mass is 10.1. The van der Waals surface area contributed by atoms with Crippen LogP contribution in [0.25, 0.3) is 0 Å². The number of benzene rings is 2. The fourth-order valence-electron chi connectivity index (χ4n) is 2.73. The second-order valence-electron chi connectivity index (χ2n) is 6.86. The van der Waals surface area contributed by atoms with Gasteiger partial charge in [0.15, 0.2) is 6.61 Å². The smallest absolute Gasteiger partial charge is 0.341 e. The van der Waals surface area contributed by atoms with Crippen molar-refractivity contribution in [2.45, 2.75) is 27.2 Å². The van der Waals surface area contributed by atoms with E-state index in [-0.39, 0.29) is 16.9 Å². The van der Waals surface area contributed by atoms with Crippen LogP contribution in [-0.2, 0) is 9.53 Å². The van der Waals surface area contributed by atoms with Gasteiger partial charge >= 0.3 is 5.97 Å². The molecular formula is C21H25N3O6. The molecule has 2 aromatic carbocycles. The summed E-state index contributed by atoms with van der Waals surface area (Å²) in [5.74, 6) is -0.572. The van der Waals surface area contributed by atoms with Crippen molar-refractivity contribution in [3.05, 3.63) is 62.7 Å². The molecular weight excluding hydrogens is 390 g/mol. The van der Waals surface area contributed by atoms with Crippen LogP contribution in [0.2, 0.25) is 0 Å². The Labute approximate surface area is 174 Å². The van der Waals surface area contributed by atoms with Crippen LogP contribution in [0.3, 0.4) is 0 Å². The fraction of sp³-hybridized carbons (Fsp3) is 0.333. The first kappa shape index (κ1) is 22.7. The zero-order valence-corrected chi connectivity index (χ0v) is 17.2. The first-order chi connectivity index (χ1) is 14.2. The molecule has 3 N–H and O–H groups in total. The zero-order valence-electron chi connectivity index (χ0n) is 17.2. The minimum atomic E-state index is -0.903. The van der Waals surface area contributed by atoms with E-state index in [2.05, 4.69) is 11.4 Å². The van der Waals surface area contributed by atoms with Crippen LogP contribution in [0.4, 0.5) is 11.4 Å². The lowest BCUT2D eigenvalue weighted by Gasteiger charge is -2.12. The minimum Gasteiger partial charge on any atom is -0.493 e. The summed E-state index contributed by atoms with van der Waals surface area (Å²) in [7, 11) is 0. The van der Waals surface area contributed by atoms with Crippen molar-refractivity contribution in [2.24, 2.45) is 0 Å². The zero-order chi connectivity index (χ0) is 22.3. The maximum absolute atomic E-state index is 12.0. The van der Waals surface area contributed by atoms with E-state index >= 15 is 0 Å². The number of carbonyl (C=O) groups is 2. The Balaban J connectivity index is 1.74. The predicted octanol–water partition coefficient (Wildman–Crippen LogP) is 2.84. The number of ether oxygens (including phenoxy) is 2. The molecule has 0 aliphatic heterocycles. The number of nitrogens with one attached hydrogen (secondary N) is 1. The van der Waals surface area contributed by atoms with Crippen LogP contribution in [0.1, 0.15) is 33.5 Å². The molecule has 30 heavy (non-hydrogen) atoms. The van der Waals surface area contributed by atoms with Gasteiger partial charge < -0.3 is 20.5 Å². The standard InChI is InChI=1S/C21H25N3O6/c1-13-9-14(2)15(3)19(10-13)29-8-4-7-23-20(25)12-30-21(26)17-11-16(24(27)28)5-6-18(17)22/h5-6,9-11H,4,7-8,12,22H2,1-3H3,(H,23,25). The number of nitrogen functional groups attached to an aromatic ring is 1. The van der Waals surface area contributed by atoms with Crippen molar-refractivity contribution >= 4 is 23.3 Å². The largest absolute Gasteiger partial charge is 0.493 e. The molecule has 0 fully saturated rings. The van der Waals surface area contributed by atoms with Gasteiger partial charge in [0.05, 0.1) is 17.1 Å². The van der Waals surface area contributed by atoms with Gasteiger partial charge in [-0.3, -0.25) is 14.9 Å². The number of nitro groups is 1. The van der Waals surface area contributed by atoms with Crippen molar-refractivity contribution in [3.63, 3.8) is 0 Å². The normalized spacial score (nSPS) is 10.4. The summed E-state index contributed by atoms with van der Waals surface area (Å²) in [6.07, 6.45) is 0.573. The number of nitrogens with zero attached hydrogens (tertiary/aromatic N) is 1. The second-order valence-corrected chi connectivity index (χ2v) is 6.86. The molecule has 0 atom stereocenters. The molecule has 0 aliphatic rings. The maximum atomic E-state index is 12.0. The molecule has 2 aromatic rings. The van der Waals surface area contributed by atoms with Gasteiger partial charge in [-0.2, -0.15) is 0 Å². The molecule has 0 saturated heterocycles. The minimum absolute atomic E-state index is 0.0323. The predicted molar refractivity (Wildman–Crippen MR) is 112 cm³/mol. The van der Waals surface area contributed by atoms with Gasteiger partial charge in [0.2, 0.25) is 0 Å². The van der Waals surface area contributed by atoms with Gasteiger partial charge in [-0.15, -0.1) is 0 Å². The number of carbonyl (C=O) groups excluding carboxylic acids is 2. The first-order valence-electron chi connectivity index (χ1n) is 9.37. The molecule has 0 saturated carbocycles. The number of amides is 1. The summed E-state index contributed by atoms with van der Waals surface area (Å²) in [4.78, 5) is 34.0. The summed E-state index contributed by atoms with van der Waals surface area (Å²) in [5, 5.41) is 13.4. The van der Waals surface area contributed by atoms with E-state index in [4.69, 9.17) is 15.2 Å². The Morgan fingerprint density at radius 2 is 1.90 bits per heavy atom. The van der Waals surface area contributed by atoms with E-state index in [9.17, 15) is 19.7 Å². The quantitative estimate of drug-likeness (QED) is 0.211. The number of rotatable bonds is 9. The molecule has 1 amide bonds. The highest BCUT2D eigenvalue weighted by atomic mass is 16.6. The third-order valence-electron chi connectivity index (χ3n) is 4.47. The average molecular weight is 415 g/mol. The Morgan fingerprint density at radius 1 is 1.17 bits per heavy atom. The highest BCUT2D eigenvalue weighted by molar-refractivity contribution is 5.96. The first-order valence-corrected chi connectivity index (χ1v) is 9.37. The number of non-ortho nitro benzene ring substituents is 1. The van der Waals surface area contributed by atoms with Gasteiger partial charge in [0.25, 0.3) is 11.6 Å². The Bertz CT molecular complexity index is 958. The lowest BCUT2D eigenvalue weighted by Crippen LogP contribution is -2.30. The molecule has 0 unspecified atom stereocenters. The van der Waals surface area contributed by atoms with E-state index in [0.717, 1.165) is 28.5 Å². The summed E-state index contributed by atoms with van der Waals surface area (Å²) in [6, 6.07) is 7.50. The number of esters is 1. The van der Waals surface area contributed by atoms with E-state index in [0.29, 0.717) is 19.6 Å². The van der Waals surface area contributed by atoms with Gasteiger partial charge in [-0.1, -0.05) is 6.07 Å². The second kappa shape index (κ2) is 10.2. The Morgan fingerprint density at radius 3 is 2.60 bits per heavy atom. The van der Waals surface area contributed by atoms with Crippen molar-refractivity contribution in [1.82, 2.24) is 5.32 Å². The van der Waals surface area contributed by atoms with Gasteiger partial charge in [-0.05, 0) is 56.0 Å². The summed E-state index contributed by atoms with van der Waals surface area (Å²) in [6.45, 7) is 6.28. The highest BCUT2D eigenvalue weighted by Crippen LogP contribution is 2.23. The SMILES string of the molecule is Cc1cc(C)c(C)c(OCCCNC(=O)COC(=O)c2cc([N+](=O)[O-])ccc2N)c1. The number of hydrogen-bond donors (Lipinski definition) is 2. The van der Waals surface area contributed by atoms with Crippen LogP contribution < -0.4 is 15.8 Å². The molecule has 9 nitrogen and oxygen atoms in total. The molecule has 0 heterocycles. The number of anilines is 1. The van der Waals surface area contributed by atoms with Crippen LogP contribution >= 0.6 is 0 Å². The lowest BCUT2D eigenvalue weighted by molar-refractivity contribution is -0.384. The van der Waals surface area contributed by atoms with Crippen LogP contribution in [0.5, 0.6) is 5.75 Å². The Kier molecular flexibility index (Phi) is 7.74. The van der Waals surface area contributed by atoms with Crippen molar-refractivity contribution < 1.29 is 24.0 Å². The summed E-state index contributed by atoms with van der Waals surface area (Å²) < 4.78 is 10.7. The fourth-order valence-corrected chi connectivity index (χ4v) is 2.73. The highest BCUT2D eigenvalue weighted by Gasteiger charge is 2.17. The average Bonchev–Trinajstić information content (AvgIpc) is 2.69.